The van der Waals surface area contributed by atoms with E-state index in [1.807, 2.05) is 6.20 Å². The monoisotopic (exact) mass is 341 g/mol. The van der Waals surface area contributed by atoms with Crippen molar-refractivity contribution in [3.8, 4) is 0 Å². The quantitative estimate of drug-likeness (QED) is 0.767. The molecule has 1 N–H and O–H groups in total. The van der Waals surface area contributed by atoms with Gasteiger partial charge < -0.3 is 10.2 Å². The normalized spacial score (nSPS) is 12.8. The topological polar surface area (TPSA) is 28.2 Å². The Labute approximate surface area is 132 Å². The van der Waals surface area contributed by atoms with Crippen LogP contribution in [0.25, 0.3) is 0 Å². The van der Waals surface area contributed by atoms with Gasteiger partial charge in [-0.25, -0.2) is 4.98 Å². The molecule has 1 atom stereocenters. The van der Waals surface area contributed by atoms with Crippen molar-refractivity contribution in [1.82, 2.24) is 10.3 Å². The van der Waals surface area contributed by atoms with Crippen LogP contribution in [0.4, 0.5) is 5.82 Å². The Morgan fingerprint density at radius 3 is 2.65 bits per heavy atom. The van der Waals surface area contributed by atoms with Crippen LogP contribution in [0, 0.1) is 5.92 Å². The van der Waals surface area contributed by atoms with Crippen LogP contribution in [0.2, 0.25) is 0 Å². The molecule has 1 aromatic heterocycles. The first kappa shape index (κ1) is 17.4. The molecule has 0 spiro atoms. The fraction of sp³-hybridized carbons (Fsp3) is 0.688. The summed E-state index contributed by atoms with van der Waals surface area (Å²) in [7, 11) is 2.14. The van der Waals surface area contributed by atoms with Gasteiger partial charge in [-0.2, -0.15) is 0 Å². The lowest BCUT2D eigenvalue weighted by Gasteiger charge is -2.28. The molecular weight excluding hydrogens is 314 g/mol. The highest BCUT2D eigenvalue weighted by Crippen LogP contribution is 2.23. The molecule has 3 nitrogen and oxygen atoms in total. The van der Waals surface area contributed by atoms with Crippen molar-refractivity contribution in [1.29, 1.82) is 0 Å². The second kappa shape index (κ2) is 8.63. The van der Waals surface area contributed by atoms with Crippen LogP contribution in [0.3, 0.4) is 0 Å². The molecule has 0 fully saturated rings. The summed E-state index contributed by atoms with van der Waals surface area (Å²) >= 11 is 3.53. The molecule has 0 aliphatic rings. The zero-order chi connectivity index (χ0) is 15.1. The molecule has 0 saturated carbocycles. The van der Waals surface area contributed by atoms with E-state index in [2.05, 4.69) is 71.9 Å². The summed E-state index contributed by atoms with van der Waals surface area (Å²) in [5, 5.41) is 3.51. The standard InChI is InChI=1S/C16H28BrN3/c1-6-7-13(4)20(5)16-14(8-15(17)11-19-16)10-18-9-12(2)3/h8,11-13,18H,6-7,9-10H2,1-5H3. The molecule has 0 radical (unpaired) electrons. The van der Waals surface area contributed by atoms with E-state index in [1.165, 1.54) is 18.4 Å². The Bertz CT molecular complexity index is 407. The summed E-state index contributed by atoms with van der Waals surface area (Å²) in [5.74, 6) is 1.75. The Morgan fingerprint density at radius 2 is 2.05 bits per heavy atom. The number of hydrogen-bond acceptors (Lipinski definition) is 3. The highest BCUT2D eigenvalue weighted by Gasteiger charge is 2.14. The molecule has 1 heterocycles. The molecule has 0 saturated heterocycles. The number of anilines is 1. The predicted octanol–water partition coefficient (Wildman–Crippen LogP) is 4.21. The predicted molar refractivity (Wildman–Crippen MR) is 91.3 cm³/mol. The maximum atomic E-state index is 4.62. The SMILES string of the molecule is CCCC(C)N(C)c1ncc(Br)cc1CNCC(C)C. The van der Waals surface area contributed by atoms with Crippen LogP contribution in [0.1, 0.15) is 46.1 Å². The zero-order valence-electron chi connectivity index (χ0n) is 13.4. The summed E-state index contributed by atoms with van der Waals surface area (Å²) in [6.07, 6.45) is 4.27. The fourth-order valence-corrected chi connectivity index (χ4v) is 2.62. The number of nitrogens with one attached hydrogen (secondary N) is 1. The first-order valence-electron chi connectivity index (χ1n) is 7.53. The minimum absolute atomic E-state index is 0.512. The summed E-state index contributed by atoms with van der Waals surface area (Å²) in [4.78, 5) is 6.91. The van der Waals surface area contributed by atoms with Crippen molar-refractivity contribution in [2.45, 2.75) is 53.1 Å². The molecule has 0 aliphatic carbocycles. The zero-order valence-corrected chi connectivity index (χ0v) is 15.0. The lowest BCUT2D eigenvalue weighted by Crippen LogP contribution is -2.31. The van der Waals surface area contributed by atoms with Crippen LogP contribution < -0.4 is 10.2 Å². The minimum atomic E-state index is 0.512. The summed E-state index contributed by atoms with van der Waals surface area (Å²) in [5.41, 5.74) is 1.26. The number of pyridine rings is 1. The van der Waals surface area contributed by atoms with Gasteiger partial charge in [0.25, 0.3) is 0 Å². The Morgan fingerprint density at radius 1 is 1.35 bits per heavy atom. The van der Waals surface area contributed by atoms with Gasteiger partial charge in [-0.05, 0) is 47.8 Å². The summed E-state index contributed by atoms with van der Waals surface area (Å²) < 4.78 is 1.04. The van der Waals surface area contributed by atoms with Gasteiger partial charge >= 0.3 is 0 Å². The first-order chi connectivity index (χ1) is 9.45. The first-order valence-corrected chi connectivity index (χ1v) is 8.33. The molecule has 0 amide bonds. The summed E-state index contributed by atoms with van der Waals surface area (Å²) in [6.45, 7) is 10.8. The second-order valence-electron chi connectivity index (χ2n) is 5.91. The third-order valence-electron chi connectivity index (χ3n) is 3.48. The molecule has 1 unspecified atom stereocenters. The van der Waals surface area contributed by atoms with Gasteiger partial charge in [0.15, 0.2) is 0 Å². The van der Waals surface area contributed by atoms with E-state index >= 15 is 0 Å². The average molecular weight is 342 g/mol. The van der Waals surface area contributed by atoms with Crippen molar-refractivity contribution in [2.75, 3.05) is 18.5 Å². The van der Waals surface area contributed by atoms with E-state index in [4.69, 9.17) is 0 Å². The molecule has 0 aliphatic heterocycles. The number of hydrogen-bond donors (Lipinski definition) is 1. The van der Waals surface area contributed by atoms with E-state index in [-0.39, 0.29) is 0 Å². The van der Waals surface area contributed by atoms with Gasteiger partial charge in [-0.15, -0.1) is 0 Å². The van der Waals surface area contributed by atoms with Gasteiger partial charge in [-0.3, -0.25) is 0 Å². The van der Waals surface area contributed by atoms with Gasteiger partial charge in [0.05, 0.1) is 0 Å². The number of halogens is 1. The average Bonchev–Trinajstić information content (AvgIpc) is 2.38. The van der Waals surface area contributed by atoms with Crippen LogP contribution in [-0.4, -0.2) is 24.6 Å². The number of aromatic nitrogens is 1. The fourth-order valence-electron chi connectivity index (χ4n) is 2.24. The molecule has 114 valence electrons. The molecule has 0 bridgehead atoms. The number of nitrogens with zero attached hydrogens (tertiary/aromatic N) is 2. The van der Waals surface area contributed by atoms with Crippen molar-refractivity contribution in [3.63, 3.8) is 0 Å². The molecule has 1 rings (SSSR count). The largest absolute Gasteiger partial charge is 0.357 e. The Balaban J connectivity index is 2.83. The van der Waals surface area contributed by atoms with Gasteiger partial charge in [-0.1, -0.05) is 27.2 Å². The maximum absolute atomic E-state index is 4.62. The lowest BCUT2D eigenvalue weighted by molar-refractivity contribution is 0.549. The van der Waals surface area contributed by atoms with E-state index in [0.29, 0.717) is 12.0 Å². The lowest BCUT2D eigenvalue weighted by atomic mass is 10.1. The van der Waals surface area contributed by atoms with E-state index in [9.17, 15) is 0 Å². The van der Waals surface area contributed by atoms with E-state index in [0.717, 1.165) is 23.4 Å². The molecule has 20 heavy (non-hydrogen) atoms. The van der Waals surface area contributed by atoms with Crippen LogP contribution in [0.5, 0.6) is 0 Å². The highest BCUT2D eigenvalue weighted by atomic mass is 79.9. The molecule has 4 heteroatoms. The third-order valence-corrected chi connectivity index (χ3v) is 3.91. The third kappa shape index (κ3) is 5.41. The number of rotatable bonds is 8. The van der Waals surface area contributed by atoms with Crippen LogP contribution in [0.15, 0.2) is 16.7 Å². The van der Waals surface area contributed by atoms with Crippen LogP contribution >= 0.6 is 15.9 Å². The van der Waals surface area contributed by atoms with Crippen molar-refractivity contribution < 1.29 is 0 Å². The molecular formula is C16H28BrN3. The minimum Gasteiger partial charge on any atom is -0.357 e. The summed E-state index contributed by atoms with van der Waals surface area (Å²) in [6, 6.07) is 2.68. The second-order valence-corrected chi connectivity index (χ2v) is 6.83. The van der Waals surface area contributed by atoms with Crippen molar-refractivity contribution in [3.05, 3.63) is 22.3 Å². The Kier molecular flexibility index (Phi) is 7.52. The highest BCUT2D eigenvalue weighted by molar-refractivity contribution is 9.10. The van der Waals surface area contributed by atoms with Gasteiger partial charge in [0.1, 0.15) is 5.82 Å². The molecule has 0 aromatic carbocycles. The van der Waals surface area contributed by atoms with Gasteiger partial charge in [0.2, 0.25) is 0 Å². The Hall–Kier alpha value is -0.610. The van der Waals surface area contributed by atoms with Crippen LogP contribution in [-0.2, 0) is 6.54 Å². The smallest absolute Gasteiger partial charge is 0.133 e. The van der Waals surface area contributed by atoms with E-state index < -0.39 is 0 Å². The van der Waals surface area contributed by atoms with Gasteiger partial charge in [0, 0.05) is 35.9 Å². The van der Waals surface area contributed by atoms with E-state index in [1.54, 1.807) is 0 Å². The maximum Gasteiger partial charge on any atom is 0.133 e. The molecule has 1 aromatic rings. The van der Waals surface area contributed by atoms with Crippen molar-refractivity contribution in [2.24, 2.45) is 5.92 Å². The van der Waals surface area contributed by atoms with Crippen molar-refractivity contribution >= 4 is 21.7 Å².